The van der Waals surface area contributed by atoms with E-state index >= 15 is 8.78 Å². The summed E-state index contributed by atoms with van der Waals surface area (Å²) in [6.07, 6.45) is 10.2. The van der Waals surface area contributed by atoms with E-state index in [0.717, 1.165) is 22.9 Å². The average Bonchev–Trinajstić information content (AvgIpc) is 3.32. The van der Waals surface area contributed by atoms with E-state index in [1.807, 2.05) is 35.4 Å². The van der Waals surface area contributed by atoms with Gasteiger partial charge < -0.3 is 29.4 Å². The number of nitrogens with zero attached hydrogens (tertiary/aromatic N) is 4. The van der Waals surface area contributed by atoms with Crippen molar-refractivity contribution in [1.82, 2.24) is 25.3 Å². The van der Waals surface area contributed by atoms with Gasteiger partial charge >= 0.3 is 12.0 Å². The zero-order valence-electron chi connectivity index (χ0n) is 26.8. The number of ether oxygens (including phenoxy) is 3. The fourth-order valence-electron chi connectivity index (χ4n) is 6.31. The summed E-state index contributed by atoms with van der Waals surface area (Å²) >= 11 is 0. The van der Waals surface area contributed by atoms with Crippen molar-refractivity contribution in [2.45, 2.75) is 18.9 Å². The van der Waals surface area contributed by atoms with Gasteiger partial charge in [-0.1, -0.05) is 30.2 Å². The number of carbonyl (C=O) groups excluding carboxylic acids is 1. The molecule has 0 bridgehead atoms. The molecule has 7 rings (SSSR count). The summed E-state index contributed by atoms with van der Waals surface area (Å²) in [7, 11) is 3.08. The maximum atomic E-state index is 16.8. The topological polar surface area (TPSA) is 114 Å². The molecule has 1 unspecified atom stereocenters. The van der Waals surface area contributed by atoms with Gasteiger partial charge in [-0.05, 0) is 48.7 Å². The lowest BCUT2D eigenvalue weighted by Gasteiger charge is -2.23. The Labute approximate surface area is 280 Å². The number of H-pyrrole nitrogens is 1. The Balaban J connectivity index is 1.33. The number of anilines is 1. The van der Waals surface area contributed by atoms with Crippen LogP contribution in [0.15, 0.2) is 60.9 Å². The van der Waals surface area contributed by atoms with E-state index in [4.69, 9.17) is 20.6 Å². The number of carbonyl (C=O) groups is 1. The van der Waals surface area contributed by atoms with Gasteiger partial charge in [-0.25, -0.2) is 13.6 Å². The zero-order chi connectivity index (χ0) is 34.1. The average molecular weight is 663 g/mol. The van der Waals surface area contributed by atoms with Crippen LogP contribution in [0.25, 0.3) is 43.8 Å². The summed E-state index contributed by atoms with van der Waals surface area (Å²) in [5.41, 5.74) is 1.74. The summed E-state index contributed by atoms with van der Waals surface area (Å²) in [6.45, 7) is 2.26. The van der Waals surface area contributed by atoms with Crippen LogP contribution in [0.4, 0.5) is 14.6 Å². The number of hydrogen-bond donors (Lipinski definition) is 2. The molecule has 1 aliphatic rings. The number of halogens is 2. The molecule has 1 saturated heterocycles. The van der Waals surface area contributed by atoms with Crippen LogP contribution >= 0.6 is 0 Å². The fraction of sp³-hybridized carbons (Fsp3) is 0.243. The van der Waals surface area contributed by atoms with E-state index in [1.165, 1.54) is 31.5 Å². The Bertz CT molecular complexity index is 2260. The Hall–Kier alpha value is -5.64. The lowest BCUT2D eigenvalue weighted by molar-refractivity contribution is -0.136. The van der Waals surface area contributed by atoms with Gasteiger partial charge in [0.05, 0.1) is 24.7 Å². The third-order valence-corrected chi connectivity index (χ3v) is 8.74. The molecule has 3 aromatic heterocycles. The van der Waals surface area contributed by atoms with Gasteiger partial charge in [-0.2, -0.15) is 9.97 Å². The molecule has 12 heteroatoms. The van der Waals surface area contributed by atoms with Crippen LogP contribution in [0.1, 0.15) is 17.5 Å². The van der Waals surface area contributed by atoms with E-state index in [1.54, 1.807) is 13.1 Å². The molecule has 6 aromatic rings. The Morgan fingerprint density at radius 2 is 2.00 bits per heavy atom. The first-order valence-electron chi connectivity index (χ1n) is 15.8. The van der Waals surface area contributed by atoms with Crippen LogP contribution in [0, 0.1) is 24.0 Å². The maximum Gasteiger partial charge on any atom is 0.328 e. The molecule has 0 aliphatic carbocycles. The number of rotatable bonds is 8. The summed E-state index contributed by atoms with van der Waals surface area (Å²) in [4.78, 5) is 32.2. The first-order chi connectivity index (χ1) is 23.9. The molecule has 0 spiro atoms. The summed E-state index contributed by atoms with van der Waals surface area (Å²) < 4.78 is 48.7. The lowest BCUT2D eigenvalue weighted by Crippen LogP contribution is -2.39. The van der Waals surface area contributed by atoms with Crippen LogP contribution in [-0.4, -0.2) is 72.4 Å². The number of hydrogen-bond acceptors (Lipinski definition) is 9. The molecule has 0 radical (unpaired) electrons. The van der Waals surface area contributed by atoms with Crippen molar-refractivity contribution in [3.8, 4) is 35.4 Å². The number of nitrogens with one attached hydrogen (secondary N) is 2. The molecule has 4 heterocycles. The fourth-order valence-corrected chi connectivity index (χ4v) is 6.31. The van der Waals surface area contributed by atoms with Crippen molar-refractivity contribution in [3.63, 3.8) is 0 Å². The second-order valence-electron chi connectivity index (χ2n) is 11.6. The van der Waals surface area contributed by atoms with Gasteiger partial charge in [0.1, 0.15) is 34.6 Å². The van der Waals surface area contributed by atoms with Gasteiger partial charge in [0.25, 0.3) is 0 Å². The van der Waals surface area contributed by atoms with Gasteiger partial charge in [0.15, 0.2) is 5.82 Å². The lowest BCUT2D eigenvalue weighted by atomic mass is 9.95. The van der Waals surface area contributed by atoms with Crippen LogP contribution in [0.5, 0.6) is 11.8 Å². The summed E-state index contributed by atoms with van der Waals surface area (Å²) in [6, 6.07) is 12.8. The number of pyridine rings is 1. The highest BCUT2D eigenvalue weighted by molar-refractivity contribution is 6.03. The summed E-state index contributed by atoms with van der Waals surface area (Å²) in [5.74, 6) is 0.943. The number of likely N-dealkylation sites (N-methyl/N-ethyl adjacent to an activating group) is 1. The van der Waals surface area contributed by atoms with Crippen molar-refractivity contribution in [2.75, 3.05) is 45.4 Å². The smallest absolute Gasteiger partial charge is 0.328 e. The molecule has 1 atom stereocenters. The Morgan fingerprint density at radius 3 is 2.82 bits per heavy atom. The molecule has 3 aromatic carbocycles. The molecule has 49 heavy (non-hydrogen) atoms. The van der Waals surface area contributed by atoms with Gasteiger partial charge in [0.2, 0.25) is 0 Å². The third kappa shape index (κ3) is 5.99. The first-order valence-corrected chi connectivity index (χ1v) is 15.8. The van der Waals surface area contributed by atoms with Crippen LogP contribution < -0.4 is 19.7 Å². The van der Waals surface area contributed by atoms with E-state index in [9.17, 15) is 4.79 Å². The van der Waals surface area contributed by atoms with Gasteiger partial charge in [0, 0.05) is 60.4 Å². The molecule has 248 valence electrons. The number of methoxy groups -OCH3 is 1. The SMILES string of the molecule is C#Cc1c(F)ccc2cc(OC(=O)C(Cc3c[nH]c4ccccc34)NC)cc(-c3ncc4c(N5CCCOCC5)nc(OC)nc4c3F)c12. The molecule has 0 amide bonds. The number of para-hydroxylation sites is 1. The van der Waals surface area contributed by atoms with Crippen LogP contribution in [0.3, 0.4) is 0 Å². The second-order valence-corrected chi connectivity index (χ2v) is 11.6. The standard InChI is InChI=1S/C37H32F2N6O4/c1-4-24-28(38)11-10-21-16-23(49-36(46)30(40-2)17-22-19-41-29-9-6-5-8-25(22)29)18-26(31(21)24)33-32(39)34-27(20-42-33)35(44-37(43-34)47-3)45-12-7-14-48-15-13-45/h1,5-6,8-11,16,18-20,30,40-41H,7,12-15,17H2,2-3H3. The van der Waals surface area contributed by atoms with Crippen molar-refractivity contribution in [3.05, 3.63) is 83.7 Å². The van der Waals surface area contributed by atoms with E-state index in [0.29, 0.717) is 49.3 Å². The van der Waals surface area contributed by atoms with Crippen molar-refractivity contribution in [1.29, 1.82) is 0 Å². The predicted octanol–water partition coefficient (Wildman–Crippen LogP) is 5.56. The highest BCUT2D eigenvalue weighted by Crippen LogP contribution is 2.39. The van der Waals surface area contributed by atoms with Gasteiger partial charge in [-0.15, -0.1) is 6.42 Å². The number of esters is 1. The molecular weight excluding hydrogens is 630 g/mol. The monoisotopic (exact) mass is 662 g/mol. The zero-order valence-corrected chi connectivity index (χ0v) is 26.8. The Kier molecular flexibility index (Phi) is 8.78. The number of fused-ring (bicyclic) bond motifs is 3. The first kappa shape index (κ1) is 31.9. The third-order valence-electron chi connectivity index (χ3n) is 8.74. The predicted molar refractivity (Wildman–Crippen MR) is 183 cm³/mol. The van der Waals surface area contributed by atoms with E-state index in [-0.39, 0.29) is 39.5 Å². The number of aromatic amines is 1. The number of benzene rings is 3. The summed E-state index contributed by atoms with van der Waals surface area (Å²) in [5, 5.41) is 5.07. The van der Waals surface area contributed by atoms with Crippen molar-refractivity contribution >= 4 is 44.4 Å². The molecule has 10 nitrogen and oxygen atoms in total. The minimum atomic E-state index is -0.796. The largest absolute Gasteiger partial charge is 0.467 e. The second kappa shape index (κ2) is 13.5. The van der Waals surface area contributed by atoms with Gasteiger partial charge in [-0.3, -0.25) is 4.98 Å². The number of aromatic nitrogens is 4. The molecule has 1 aliphatic heterocycles. The number of terminal acetylenes is 1. The highest BCUT2D eigenvalue weighted by Gasteiger charge is 2.26. The quantitative estimate of drug-likeness (QED) is 0.123. The Morgan fingerprint density at radius 1 is 1.14 bits per heavy atom. The van der Waals surface area contributed by atoms with Crippen LogP contribution in [0.2, 0.25) is 0 Å². The van der Waals surface area contributed by atoms with Crippen LogP contribution in [-0.2, 0) is 16.0 Å². The van der Waals surface area contributed by atoms with E-state index in [2.05, 4.69) is 31.2 Å². The minimum absolute atomic E-state index is 0.0279. The molecule has 0 saturated carbocycles. The maximum absolute atomic E-state index is 16.8. The highest BCUT2D eigenvalue weighted by atomic mass is 19.1. The normalized spacial score (nSPS) is 14.1. The molecule has 1 fully saturated rings. The van der Waals surface area contributed by atoms with Crippen molar-refractivity contribution < 1.29 is 27.8 Å². The van der Waals surface area contributed by atoms with Crippen molar-refractivity contribution in [2.24, 2.45) is 0 Å². The molecule has 2 N–H and O–H groups in total. The minimum Gasteiger partial charge on any atom is -0.467 e. The molecular formula is C37H32F2N6O4. The van der Waals surface area contributed by atoms with E-state index < -0.39 is 23.6 Å².